The van der Waals surface area contributed by atoms with E-state index in [1.807, 2.05) is 55.5 Å². The lowest BCUT2D eigenvalue weighted by Gasteiger charge is -2.20. The van der Waals surface area contributed by atoms with Crippen LogP contribution in [-0.4, -0.2) is 17.5 Å². The molecular weight excluding hydrogens is 374 g/mol. The van der Waals surface area contributed by atoms with E-state index in [1.165, 1.54) is 12.0 Å². The molecular formula is C25H31N3O2. The van der Waals surface area contributed by atoms with Crippen LogP contribution in [0.2, 0.25) is 0 Å². The quantitative estimate of drug-likeness (QED) is 0.493. The summed E-state index contributed by atoms with van der Waals surface area (Å²) in [4.78, 5) is 24.9. The maximum atomic E-state index is 12.5. The van der Waals surface area contributed by atoms with Crippen molar-refractivity contribution in [2.24, 2.45) is 11.0 Å². The fourth-order valence-corrected chi connectivity index (χ4v) is 3.71. The maximum Gasteiger partial charge on any atom is 0.271 e. The topological polar surface area (TPSA) is 70.6 Å². The van der Waals surface area contributed by atoms with Crippen LogP contribution >= 0.6 is 0 Å². The summed E-state index contributed by atoms with van der Waals surface area (Å²) in [5.41, 5.74) is 6.67. The molecule has 1 aliphatic carbocycles. The molecule has 1 saturated carbocycles. The third kappa shape index (κ3) is 5.78. The summed E-state index contributed by atoms with van der Waals surface area (Å²) in [6, 6.07) is 15.1. The number of carbonyl (C=O) groups is 2. The third-order valence-corrected chi connectivity index (χ3v) is 5.69. The highest BCUT2D eigenvalue weighted by atomic mass is 16.2. The molecule has 0 atom stereocenters. The lowest BCUT2D eigenvalue weighted by molar-refractivity contribution is -0.120. The standard InChI is InChI=1S/C25H31N3O2/c1-17(2)19-12-14-21(15-13-19)25(30)28-27-18(3)22-10-7-11-23(16-22)26-24(29)20-8-5-4-6-9-20/h7,10-17,20H,4-6,8-9H2,1-3H3,(H,26,29)(H,28,30). The van der Waals surface area contributed by atoms with Gasteiger partial charge in [-0.15, -0.1) is 0 Å². The van der Waals surface area contributed by atoms with Crippen molar-refractivity contribution in [3.05, 3.63) is 65.2 Å². The van der Waals surface area contributed by atoms with Crippen LogP contribution in [0.3, 0.4) is 0 Å². The van der Waals surface area contributed by atoms with Crippen LogP contribution in [0.5, 0.6) is 0 Å². The van der Waals surface area contributed by atoms with Crippen LogP contribution in [0.1, 0.15) is 80.3 Å². The first-order valence-corrected chi connectivity index (χ1v) is 10.8. The summed E-state index contributed by atoms with van der Waals surface area (Å²) < 4.78 is 0. The molecule has 0 aromatic heterocycles. The average molecular weight is 406 g/mol. The first-order valence-electron chi connectivity index (χ1n) is 10.8. The van der Waals surface area contributed by atoms with Crippen molar-refractivity contribution >= 4 is 23.2 Å². The van der Waals surface area contributed by atoms with Crippen LogP contribution in [0.25, 0.3) is 0 Å². The van der Waals surface area contributed by atoms with E-state index >= 15 is 0 Å². The number of amides is 2. The Morgan fingerprint density at radius 1 is 0.967 bits per heavy atom. The number of nitrogens with zero attached hydrogens (tertiary/aromatic N) is 1. The van der Waals surface area contributed by atoms with Crippen molar-refractivity contribution in [2.75, 3.05) is 5.32 Å². The Morgan fingerprint density at radius 2 is 1.67 bits per heavy atom. The molecule has 158 valence electrons. The average Bonchev–Trinajstić information content (AvgIpc) is 2.78. The molecule has 1 fully saturated rings. The van der Waals surface area contributed by atoms with Crippen LogP contribution in [0.4, 0.5) is 5.69 Å². The van der Waals surface area contributed by atoms with Gasteiger partial charge >= 0.3 is 0 Å². The van der Waals surface area contributed by atoms with Crippen LogP contribution in [0.15, 0.2) is 53.6 Å². The van der Waals surface area contributed by atoms with E-state index in [0.29, 0.717) is 17.2 Å². The predicted octanol–water partition coefficient (Wildman–Crippen LogP) is 5.48. The second kappa shape index (κ2) is 10.2. The van der Waals surface area contributed by atoms with Gasteiger partial charge in [0, 0.05) is 17.2 Å². The number of hydrogen-bond acceptors (Lipinski definition) is 3. The van der Waals surface area contributed by atoms with Crippen molar-refractivity contribution in [2.45, 2.75) is 58.8 Å². The third-order valence-electron chi connectivity index (χ3n) is 5.69. The second-order valence-electron chi connectivity index (χ2n) is 8.32. The first-order chi connectivity index (χ1) is 14.4. The molecule has 0 bridgehead atoms. The van der Waals surface area contributed by atoms with Gasteiger partial charge in [0.15, 0.2) is 0 Å². The molecule has 0 spiro atoms. The molecule has 5 heteroatoms. The lowest BCUT2D eigenvalue weighted by atomic mass is 9.88. The van der Waals surface area contributed by atoms with E-state index in [9.17, 15) is 9.59 Å². The Hall–Kier alpha value is -2.95. The monoisotopic (exact) mass is 405 g/mol. The molecule has 2 aromatic rings. The van der Waals surface area contributed by atoms with Gasteiger partial charge in [0.25, 0.3) is 5.91 Å². The molecule has 2 N–H and O–H groups in total. The second-order valence-corrected chi connectivity index (χ2v) is 8.32. The highest BCUT2D eigenvalue weighted by molar-refractivity contribution is 6.02. The van der Waals surface area contributed by atoms with E-state index in [0.717, 1.165) is 36.9 Å². The summed E-state index contributed by atoms with van der Waals surface area (Å²) in [6.45, 7) is 6.08. The highest BCUT2D eigenvalue weighted by Crippen LogP contribution is 2.25. The Bertz CT molecular complexity index is 910. The van der Waals surface area contributed by atoms with Crippen molar-refractivity contribution in [1.82, 2.24) is 5.43 Å². The highest BCUT2D eigenvalue weighted by Gasteiger charge is 2.21. The van der Waals surface area contributed by atoms with Crippen molar-refractivity contribution in [3.8, 4) is 0 Å². The van der Waals surface area contributed by atoms with Gasteiger partial charge in [0.1, 0.15) is 0 Å². The number of hydrazone groups is 1. The fourth-order valence-electron chi connectivity index (χ4n) is 3.71. The first kappa shape index (κ1) is 21.8. The number of benzene rings is 2. The van der Waals surface area contributed by atoms with E-state index in [2.05, 4.69) is 29.7 Å². The number of rotatable bonds is 6. The van der Waals surface area contributed by atoms with E-state index in [1.54, 1.807) is 0 Å². The number of hydrogen-bond donors (Lipinski definition) is 2. The van der Waals surface area contributed by atoms with Gasteiger partial charge in [-0.05, 0) is 61.1 Å². The molecule has 1 aliphatic rings. The molecule has 0 heterocycles. The zero-order valence-electron chi connectivity index (χ0n) is 18.1. The molecule has 0 aliphatic heterocycles. The van der Waals surface area contributed by atoms with Crippen LogP contribution < -0.4 is 10.7 Å². The largest absolute Gasteiger partial charge is 0.326 e. The van der Waals surface area contributed by atoms with Gasteiger partial charge in [-0.3, -0.25) is 9.59 Å². The fraction of sp³-hybridized carbons (Fsp3) is 0.400. The summed E-state index contributed by atoms with van der Waals surface area (Å²) in [5.74, 6) is 0.387. The van der Waals surface area contributed by atoms with Gasteiger partial charge < -0.3 is 5.32 Å². The predicted molar refractivity (Wildman–Crippen MR) is 122 cm³/mol. The summed E-state index contributed by atoms with van der Waals surface area (Å²) in [7, 11) is 0. The summed E-state index contributed by atoms with van der Waals surface area (Å²) >= 11 is 0. The normalized spacial score (nSPS) is 15.1. The molecule has 30 heavy (non-hydrogen) atoms. The summed E-state index contributed by atoms with van der Waals surface area (Å²) in [5, 5.41) is 7.27. The zero-order chi connectivity index (χ0) is 21.5. The smallest absolute Gasteiger partial charge is 0.271 e. The van der Waals surface area contributed by atoms with Gasteiger partial charge in [-0.2, -0.15) is 5.10 Å². The Labute approximate surface area is 179 Å². The molecule has 2 aromatic carbocycles. The van der Waals surface area contributed by atoms with Crippen molar-refractivity contribution < 1.29 is 9.59 Å². The van der Waals surface area contributed by atoms with Crippen LogP contribution in [-0.2, 0) is 4.79 Å². The minimum atomic E-state index is -0.244. The van der Waals surface area contributed by atoms with E-state index < -0.39 is 0 Å². The molecule has 2 amide bonds. The Morgan fingerprint density at radius 3 is 2.33 bits per heavy atom. The molecule has 0 unspecified atom stereocenters. The Balaban J connectivity index is 1.62. The SMILES string of the molecule is CC(=NNC(=O)c1ccc(C(C)C)cc1)c1cccc(NC(=O)C2CCCCC2)c1. The molecule has 0 saturated heterocycles. The van der Waals surface area contributed by atoms with E-state index in [4.69, 9.17) is 0 Å². The maximum absolute atomic E-state index is 12.5. The molecule has 3 rings (SSSR count). The van der Waals surface area contributed by atoms with Gasteiger partial charge in [-0.1, -0.05) is 57.4 Å². The lowest BCUT2D eigenvalue weighted by Crippen LogP contribution is -2.24. The Kier molecular flexibility index (Phi) is 7.39. The minimum absolute atomic E-state index is 0.0968. The molecule has 0 radical (unpaired) electrons. The van der Waals surface area contributed by atoms with E-state index in [-0.39, 0.29) is 17.7 Å². The zero-order valence-corrected chi connectivity index (χ0v) is 18.1. The number of carbonyl (C=O) groups excluding carboxylic acids is 2. The number of nitrogens with one attached hydrogen (secondary N) is 2. The minimum Gasteiger partial charge on any atom is -0.326 e. The van der Waals surface area contributed by atoms with Crippen molar-refractivity contribution in [1.29, 1.82) is 0 Å². The summed E-state index contributed by atoms with van der Waals surface area (Å²) in [6.07, 6.45) is 5.42. The number of anilines is 1. The van der Waals surface area contributed by atoms with Crippen LogP contribution in [0, 0.1) is 5.92 Å². The van der Waals surface area contributed by atoms with Gasteiger partial charge in [0.2, 0.25) is 5.91 Å². The van der Waals surface area contributed by atoms with Gasteiger partial charge in [0.05, 0.1) is 5.71 Å². The van der Waals surface area contributed by atoms with Crippen molar-refractivity contribution in [3.63, 3.8) is 0 Å². The molecule has 5 nitrogen and oxygen atoms in total. The van der Waals surface area contributed by atoms with Gasteiger partial charge in [-0.25, -0.2) is 5.43 Å².